The predicted molar refractivity (Wildman–Crippen MR) is 88.5 cm³/mol. The van der Waals surface area contributed by atoms with Crippen LogP contribution in [0.5, 0.6) is 0 Å². The number of nitrogens with zero attached hydrogens (tertiary/aromatic N) is 1. The van der Waals surface area contributed by atoms with Gasteiger partial charge < -0.3 is 5.32 Å². The van der Waals surface area contributed by atoms with Gasteiger partial charge in [-0.3, -0.25) is 4.90 Å². The van der Waals surface area contributed by atoms with Crippen LogP contribution < -0.4 is 5.32 Å². The molecule has 2 atom stereocenters. The summed E-state index contributed by atoms with van der Waals surface area (Å²) in [7, 11) is 2.27. The standard InChI is InChI=1S/C17H24N2S/c1-3-9-18-11-13-8-10-19(2)17(13)15-12-20-16-7-5-4-6-14(15)16/h4-7,12-13,17-18H,3,8-11H2,1-2H3. The van der Waals surface area contributed by atoms with Gasteiger partial charge in [-0.1, -0.05) is 25.1 Å². The molecule has 0 radical (unpaired) electrons. The van der Waals surface area contributed by atoms with E-state index in [4.69, 9.17) is 0 Å². The number of nitrogens with one attached hydrogen (secondary N) is 1. The molecule has 108 valence electrons. The predicted octanol–water partition coefficient (Wildman–Crippen LogP) is 3.89. The minimum Gasteiger partial charge on any atom is -0.316 e. The summed E-state index contributed by atoms with van der Waals surface area (Å²) in [6.45, 7) is 5.73. The van der Waals surface area contributed by atoms with E-state index in [1.165, 1.54) is 35.0 Å². The van der Waals surface area contributed by atoms with Gasteiger partial charge in [-0.15, -0.1) is 11.3 Å². The molecule has 1 aromatic carbocycles. The molecule has 1 saturated heterocycles. The number of thiophene rings is 1. The fourth-order valence-electron chi connectivity index (χ4n) is 3.42. The summed E-state index contributed by atoms with van der Waals surface area (Å²) in [6.07, 6.45) is 2.52. The minimum atomic E-state index is 0.579. The van der Waals surface area contributed by atoms with Gasteiger partial charge >= 0.3 is 0 Å². The normalized spacial score (nSPS) is 23.7. The first kappa shape index (κ1) is 14.1. The second kappa shape index (κ2) is 6.25. The molecular weight excluding hydrogens is 264 g/mol. The number of fused-ring (bicyclic) bond motifs is 1. The lowest BCUT2D eigenvalue weighted by molar-refractivity contribution is 0.274. The van der Waals surface area contributed by atoms with Gasteiger partial charge in [-0.25, -0.2) is 0 Å². The molecule has 1 aliphatic rings. The van der Waals surface area contributed by atoms with Crippen LogP contribution >= 0.6 is 11.3 Å². The summed E-state index contributed by atoms with van der Waals surface area (Å²) >= 11 is 1.89. The van der Waals surface area contributed by atoms with Crippen molar-refractivity contribution in [3.8, 4) is 0 Å². The van der Waals surface area contributed by atoms with Gasteiger partial charge in [-0.05, 0) is 67.8 Å². The molecule has 3 rings (SSSR count). The van der Waals surface area contributed by atoms with Crippen molar-refractivity contribution in [3.63, 3.8) is 0 Å². The zero-order valence-electron chi connectivity index (χ0n) is 12.4. The van der Waals surface area contributed by atoms with Crippen LogP contribution in [0.15, 0.2) is 29.6 Å². The highest BCUT2D eigenvalue weighted by Crippen LogP contribution is 2.41. The molecule has 0 spiro atoms. The average Bonchev–Trinajstić information content (AvgIpc) is 3.03. The lowest BCUT2D eigenvalue weighted by Crippen LogP contribution is -2.28. The molecule has 1 aliphatic heterocycles. The fourth-order valence-corrected chi connectivity index (χ4v) is 4.41. The third-order valence-electron chi connectivity index (χ3n) is 4.44. The smallest absolute Gasteiger partial charge is 0.0400 e. The van der Waals surface area contributed by atoms with E-state index in [1.54, 1.807) is 0 Å². The number of hydrogen-bond acceptors (Lipinski definition) is 3. The molecule has 0 amide bonds. The first-order valence-electron chi connectivity index (χ1n) is 7.68. The number of benzene rings is 1. The Kier molecular flexibility index (Phi) is 4.39. The summed E-state index contributed by atoms with van der Waals surface area (Å²) in [5, 5.41) is 7.45. The van der Waals surface area contributed by atoms with Crippen molar-refractivity contribution in [2.45, 2.75) is 25.8 Å². The summed E-state index contributed by atoms with van der Waals surface area (Å²) in [4.78, 5) is 2.53. The molecule has 1 N–H and O–H groups in total. The highest BCUT2D eigenvalue weighted by molar-refractivity contribution is 7.17. The van der Waals surface area contributed by atoms with Crippen molar-refractivity contribution in [2.24, 2.45) is 5.92 Å². The topological polar surface area (TPSA) is 15.3 Å². The third-order valence-corrected chi connectivity index (χ3v) is 5.42. The van der Waals surface area contributed by atoms with Gasteiger partial charge in [0.15, 0.2) is 0 Å². The van der Waals surface area contributed by atoms with Crippen molar-refractivity contribution in [2.75, 3.05) is 26.7 Å². The molecule has 1 fully saturated rings. The summed E-state index contributed by atoms with van der Waals surface area (Å²) in [5.74, 6) is 0.740. The fraction of sp³-hybridized carbons (Fsp3) is 0.529. The quantitative estimate of drug-likeness (QED) is 0.840. The summed E-state index contributed by atoms with van der Waals surface area (Å²) in [6, 6.07) is 9.40. The van der Waals surface area contributed by atoms with Crippen LogP contribution in [0.4, 0.5) is 0 Å². The highest BCUT2D eigenvalue weighted by Gasteiger charge is 2.33. The lowest BCUT2D eigenvalue weighted by Gasteiger charge is -2.25. The van der Waals surface area contributed by atoms with E-state index in [9.17, 15) is 0 Å². The van der Waals surface area contributed by atoms with Crippen LogP contribution in [-0.2, 0) is 0 Å². The van der Waals surface area contributed by atoms with Crippen LogP contribution in [0.1, 0.15) is 31.4 Å². The second-order valence-electron chi connectivity index (χ2n) is 5.87. The Morgan fingerprint density at radius 3 is 3.05 bits per heavy atom. The molecule has 0 aliphatic carbocycles. The lowest BCUT2D eigenvalue weighted by atomic mass is 9.93. The van der Waals surface area contributed by atoms with Crippen molar-refractivity contribution in [3.05, 3.63) is 35.2 Å². The molecule has 2 heterocycles. The van der Waals surface area contributed by atoms with Crippen LogP contribution in [0.3, 0.4) is 0 Å². The highest BCUT2D eigenvalue weighted by atomic mass is 32.1. The van der Waals surface area contributed by atoms with Gasteiger partial charge in [-0.2, -0.15) is 0 Å². The van der Waals surface area contributed by atoms with Crippen molar-refractivity contribution >= 4 is 21.4 Å². The first-order valence-corrected chi connectivity index (χ1v) is 8.56. The molecule has 3 heteroatoms. The van der Waals surface area contributed by atoms with Gasteiger partial charge in [0.2, 0.25) is 0 Å². The van der Waals surface area contributed by atoms with Gasteiger partial charge in [0.1, 0.15) is 0 Å². The van der Waals surface area contributed by atoms with Gasteiger partial charge in [0.25, 0.3) is 0 Å². The number of rotatable bonds is 5. The van der Waals surface area contributed by atoms with Crippen LogP contribution in [0.25, 0.3) is 10.1 Å². The van der Waals surface area contributed by atoms with Gasteiger partial charge in [0.05, 0.1) is 0 Å². The zero-order chi connectivity index (χ0) is 13.9. The second-order valence-corrected chi connectivity index (χ2v) is 6.78. The van der Waals surface area contributed by atoms with E-state index in [-0.39, 0.29) is 0 Å². The average molecular weight is 288 g/mol. The minimum absolute atomic E-state index is 0.579. The Morgan fingerprint density at radius 2 is 2.20 bits per heavy atom. The van der Waals surface area contributed by atoms with Crippen molar-refractivity contribution < 1.29 is 0 Å². The van der Waals surface area contributed by atoms with E-state index in [0.717, 1.165) is 19.0 Å². The summed E-state index contributed by atoms with van der Waals surface area (Å²) < 4.78 is 1.42. The van der Waals surface area contributed by atoms with E-state index < -0.39 is 0 Å². The molecule has 0 saturated carbocycles. The van der Waals surface area contributed by atoms with Gasteiger partial charge in [0, 0.05) is 10.7 Å². The van der Waals surface area contributed by atoms with Crippen LogP contribution in [-0.4, -0.2) is 31.6 Å². The van der Waals surface area contributed by atoms with E-state index in [0.29, 0.717) is 6.04 Å². The maximum atomic E-state index is 3.61. The largest absolute Gasteiger partial charge is 0.316 e. The third kappa shape index (κ3) is 2.62. The maximum absolute atomic E-state index is 3.61. The molecular formula is C17H24N2S. The van der Waals surface area contributed by atoms with Crippen molar-refractivity contribution in [1.29, 1.82) is 0 Å². The number of likely N-dealkylation sites (tertiary alicyclic amines) is 1. The first-order chi connectivity index (χ1) is 9.81. The Hall–Kier alpha value is -0.900. The Labute approximate surface area is 125 Å². The molecule has 2 unspecified atom stereocenters. The number of hydrogen-bond donors (Lipinski definition) is 1. The van der Waals surface area contributed by atoms with Crippen molar-refractivity contribution in [1.82, 2.24) is 10.2 Å². The SMILES string of the molecule is CCCNCC1CCN(C)C1c1csc2ccccc12. The Morgan fingerprint density at radius 1 is 1.35 bits per heavy atom. The molecule has 1 aromatic heterocycles. The molecule has 2 aromatic rings. The van der Waals surface area contributed by atoms with E-state index in [1.807, 2.05) is 11.3 Å². The Bertz CT molecular complexity index is 563. The van der Waals surface area contributed by atoms with Crippen LogP contribution in [0.2, 0.25) is 0 Å². The zero-order valence-corrected chi connectivity index (χ0v) is 13.2. The monoisotopic (exact) mass is 288 g/mol. The molecule has 0 bridgehead atoms. The molecule has 20 heavy (non-hydrogen) atoms. The van der Waals surface area contributed by atoms with Crippen LogP contribution in [0, 0.1) is 5.92 Å². The summed E-state index contributed by atoms with van der Waals surface area (Å²) in [5.41, 5.74) is 1.54. The Balaban J connectivity index is 1.85. The van der Waals surface area contributed by atoms with E-state index >= 15 is 0 Å². The van der Waals surface area contributed by atoms with E-state index in [2.05, 4.69) is 53.8 Å². The maximum Gasteiger partial charge on any atom is 0.0400 e. The molecule has 2 nitrogen and oxygen atoms in total.